The van der Waals surface area contributed by atoms with Crippen LogP contribution in [0.1, 0.15) is 17.0 Å². The molecule has 0 radical (unpaired) electrons. The van der Waals surface area contributed by atoms with Crippen molar-refractivity contribution >= 4 is 17.7 Å². The van der Waals surface area contributed by atoms with E-state index in [1.165, 1.54) is 7.11 Å². The average Bonchev–Trinajstić information content (AvgIpc) is 3.52. The number of piperazine rings is 1. The van der Waals surface area contributed by atoms with Gasteiger partial charge in [-0.2, -0.15) is 0 Å². The minimum Gasteiger partial charge on any atom is -0.467 e. The van der Waals surface area contributed by atoms with E-state index >= 15 is 0 Å². The van der Waals surface area contributed by atoms with Gasteiger partial charge in [-0.25, -0.2) is 9.48 Å². The molecule has 1 aromatic heterocycles. The molecular weight excluding hydrogens is 524 g/mol. The molecule has 0 saturated carbocycles. The summed E-state index contributed by atoms with van der Waals surface area (Å²) in [5.74, 6) is -0.365. The fourth-order valence-corrected chi connectivity index (χ4v) is 5.63. The number of esters is 1. The number of anilines is 1. The first-order valence-corrected chi connectivity index (χ1v) is 14.1. The number of carbonyl (C=O) groups is 2. The van der Waals surface area contributed by atoms with Crippen molar-refractivity contribution in [2.75, 3.05) is 31.6 Å². The van der Waals surface area contributed by atoms with Crippen molar-refractivity contribution in [2.45, 2.75) is 12.0 Å². The highest BCUT2D eigenvalue weighted by Crippen LogP contribution is 2.32. The quantitative estimate of drug-likeness (QED) is 0.246. The molecule has 0 aliphatic carbocycles. The Morgan fingerprint density at radius 1 is 0.762 bits per heavy atom. The molecule has 1 aliphatic rings. The molecule has 1 amide bonds. The molecule has 2 heterocycles. The molecule has 0 unspecified atom stereocenters. The minimum atomic E-state index is -0.784. The molecule has 0 N–H and O–H groups in total. The number of aromatic nitrogens is 2. The third-order valence-corrected chi connectivity index (χ3v) is 7.74. The van der Waals surface area contributed by atoms with Crippen LogP contribution in [0.5, 0.6) is 0 Å². The number of benzene rings is 4. The summed E-state index contributed by atoms with van der Waals surface area (Å²) in [5, 5.41) is 4.99. The van der Waals surface area contributed by atoms with Gasteiger partial charge in [0.25, 0.3) is 0 Å². The van der Waals surface area contributed by atoms with E-state index in [4.69, 9.17) is 9.84 Å². The number of amides is 1. The van der Waals surface area contributed by atoms with Gasteiger partial charge in [-0.15, -0.1) is 5.10 Å². The monoisotopic (exact) mass is 556 g/mol. The van der Waals surface area contributed by atoms with Gasteiger partial charge in [-0.1, -0.05) is 109 Å². The van der Waals surface area contributed by atoms with Crippen molar-refractivity contribution in [1.29, 1.82) is 0 Å². The molecule has 210 valence electrons. The van der Waals surface area contributed by atoms with Gasteiger partial charge >= 0.3 is 5.97 Å². The lowest BCUT2D eigenvalue weighted by atomic mass is 9.89. The van der Waals surface area contributed by atoms with Gasteiger partial charge in [-0.05, 0) is 23.3 Å². The second-order valence-corrected chi connectivity index (χ2v) is 10.3. The van der Waals surface area contributed by atoms with Gasteiger partial charge < -0.3 is 14.5 Å². The van der Waals surface area contributed by atoms with E-state index in [1.807, 2.05) is 120 Å². The third-order valence-electron chi connectivity index (χ3n) is 7.74. The van der Waals surface area contributed by atoms with Crippen LogP contribution in [0.4, 0.5) is 5.82 Å². The number of rotatable bonds is 7. The summed E-state index contributed by atoms with van der Waals surface area (Å²) in [6.07, 6.45) is 0. The number of nitrogens with zero attached hydrogens (tertiary/aromatic N) is 4. The van der Waals surface area contributed by atoms with Gasteiger partial charge in [0.1, 0.15) is 6.04 Å². The van der Waals surface area contributed by atoms with Crippen LogP contribution in [-0.4, -0.2) is 59.3 Å². The van der Waals surface area contributed by atoms with Crippen molar-refractivity contribution < 1.29 is 14.3 Å². The first-order valence-electron chi connectivity index (χ1n) is 14.1. The Bertz CT molecular complexity index is 1540. The molecule has 5 aromatic rings. The van der Waals surface area contributed by atoms with Crippen molar-refractivity contribution in [2.24, 2.45) is 0 Å². The number of hydrogen-bond donors (Lipinski definition) is 0. The predicted octanol–water partition coefficient (Wildman–Crippen LogP) is 5.56. The summed E-state index contributed by atoms with van der Waals surface area (Å²) in [7, 11) is 1.37. The molecule has 7 heteroatoms. The third kappa shape index (κ3) is 5.41. The zero-order valence-corrected chi connectivity index (χ0v) is 23.4. The van der Waals surface area contributed by atoms with Crippen molar-refractivity contribution in [3.63, 3.8) is 0 Å². The first-order chi connectivity index (χ1) is 20.6. The topological polar surface area (TPSA) is 67.7 Å². The van der Waals surface area contributed by atoms with Crippen LogP contribution in [0.3, 0.4) is 0 Å². The Morgan fingerprint density at radius 2 is 1.31 bits per heavy atom. The number of ether oxygens (including phenoxy) is 1. The molecule has 42 heavy (non-hydrogen) atoms. The van der Waals surface area contributed by atoms with E-state index in [9.17, 15) is 9.59 Å². The summed E-state index contributed by atoms with van der Waals surface area (Å²) in [5.41, 5.74) is 4.68. The summed E-state index contributed by atoms with van der Waals surface area (Å²) < 4.78 is 7.15. The van der Waals surface area contributed by atoms with Crippen LogP contribution in [0.25, 0.3) is 16.9 Å². The van der Waals surface area contributed by atoms with E-state index in [0.29, 0.717) is 13.1 Å². The Labute approximate surface area is 245 Å². The Balaban J connectivity index is 1.34. The second kappa shape index (κ2) is 12.1. The maximum atomic E-state index is 14.3. The number of hydrogen-bond acceptors (Lipinski definition) is 5. The Kier molecular flexibility index (Phi) is 7.81. The Hall–Kier alpha value is -5.17. The van der Waals surface area contributed by atoms with Crippen LogP contribution in [0.15, 0.2) is 127 Å². The molecule has 1 fully saturated rings. The summed E-state index contributed by atoms with van der Waals surface area (Å²) in [6, 6.07) is 40.8. The van der Waals surface area contributed by atoms with Crippen molar-refractivity contribution in [3.8, 4) is 16.9 Å². The fourth-order valence-electron chi connectivity index (χ4n) is 5.63. The van der Waals surface area contributed by atoms with Crippen LogP contribution in [-0.2, 0) is 14.3 Å². The highest BCUT2D eigenvalue weighted by Gasteiger charge is 2.40. The zero-order chi connectivity index (χ0) is 28.9. The van der Waals surface area contributed by atoms with Crippen LogP contribution < -0.4 is 4.90 Å². The largest absolute Gasteiger partial charge is 0.467 e. The molecule has 1 saturated heterocycles. The molecule has 6 rings (SSSR count). The van der Waals surface area contributed by atoms with Gasteiger partial charge in [-0.3, -0.25) is 4.79 Å². The lowest BCUT2D eigenvalue weighted by Gasteiger charge is -2.41. The highest BCUT2D eigenvalue weighted by atomic mass is 16.5. The smallest absolute Gasteiger partial charge is 0.330 e. The molecule has 0 spiro atoms. The Morgan fingerprint density at radius 3 is 1.88 bits per heavy atom. The van der Waals surface area contributed by atoms with Crippen molar-refractivity contribution in [1.82, 2.24) is 14.7 Å². The average molecular weight is 557 g/mol. The molecule has 0 bridgehead atoms. The van der Waals surface area contributed by atoms with Crippen molar-refractivity contribution in [3.05, 3.63) is 139 Å². The molecule has 1 aliphatic heterocycles. The first kappa shape index (κ1) is 27.0. The van der Waals surface area contributed by atoms with E-state index in [-0.39, 0.29) is 12.5 Å². The number of carbonyl (C=O) groups excluding carboxylic acids is 2. The van der Waals surface area contributed by atoms with Gasteiger partial charge in [0.15, 0.2) is 5.82 Å². The van der Waals surface area contributed by atoms with Gasteiger partial charge in [0, 0.05) is 24.7 Å². The van der Waals surface area contributed by atoms with Crippen LogP contribution in [0.2, 0.25) is 0 Å². The maximum absolute atomic E-state index is 14.3. The van der Waals surface area contributed by atoms with E-state index in [0.717, 1.165) is 33.9 Å². The summed E-state index contributed by atoms with van der Waals surface area (Å²) >= 11 is 0. The van der Waals surface area contributed by atoms with E-state index < -0.39 is 17.9 Å². The van der Waals surface area contributed by atoms with Gasteiger partial charge in [0.2, 0.25) is 5.91 Å². The fraction of sp³-hybridized carbons (Fsp3) is 0.171. The minimum absolute atomic E-state index is 0.123. The summed E-state index contributed by atoms with van der Waals surface area (Å²) in [6.45, 7) is 1.15. The zero-order valence-electron chi connectivity index (χ0n) is 23.4. The maximum Gasteiger partial charge on any atom is 0.330 e. The van der Waals surface area contributed by atoms with E-state index in [1.54, 1.807) is 4.90 Å². The summed E-state index contributed by atoms with van der Waals surface area (Å²) in [4.78, 5) is 31.2. The SMILES string of the molecule is COC(=O)[C@@H]1CN(c2cc(-c3ccccc3)n(-c3ccccc3)n2)CCN1C(=O)C(c1ccccc1)c1ccccc1. The lowest BCUT2D eigenvalue weighted by molar-refractivity contribution is -0.153. The lowest BCUT2D eigenvalue weighted by Crippen LogP contribution is -2.59. The predicted molar refractivity (Wildman–Crippen MR) is 163 cm³/mol. The van der Waals surface area contributed by atoms with Crippen LogP contribution in [0, 0.1) is 0 Å². The standard InChI is InChI=1S/C35H32N4O3/c1-42-35(41)31-25-37(32-24-30(26-14-6-2-7-15-26)39(36-32)29-20-12-5-13-21-29)22-23-38(31)34(40)33(27-16-8-3-9-17-27)28-18-10-4-11-19-28/h2-21,24,31,33H,22-23,25H2,1H3/t31-/m0/s1. The number of para-hydroxylation sites is 1. The van der Waals surface area contributed by atoms with Crippen LogP contribution >= 0.6 is 0 Å². The second-order valence-electron chi connectivity index (χ2n) is 10.3. The normalized spacial score (nSPS) is 15.0. The van der Waals surface area contributed by atoms with E-state index in [2.05, 4.69) is 17.0 Å². The molecule has 4 aromatic carbocycles. The highest BCUT2D eigenvalue weighted by molar-refractivity contribution is 5.91. The number of methoxy groups -OCH3 is 1. The molecular formula is C35H32N4O3. The molecule has 7 nitrogen and oxygen atoms in total. The molecule has 1 atom stereocenters. The van der Waals surface area contributed by atoms with Gasteiger partial charge in [0.05, 0.1) is 31.0 Å².